The zero-order chi connectivity index (χ0) is 16.1. The highest BCUT2D eigenvalue weighted by molar-refractivity contribution is 6.02. The Morgan fingerprint density at radius 3 is 1.57 bits per heavy atom. The van der Waals surface area contributed by atoms with Gasteiger partial charge in [0.15, 0.2) is 5.78 Å². The van der Waals surface area contributed by atoms with Crippen LogP contribution in [0.25, 0.3) is 0 Å². The Balaban J connectivity index is 2.55. The Labute approximate surface area is 128 Å². The van der Waals surface area contributed by atoms with Crippen molar-refractivity contribution in [1.29, 1.82) is 0 Å². The van der Waals surface area contributed by atoms with Gasteiger partial charge >= 0.3 is 0 Å². The number of rotatable bonds is 2. The molecule has 0 N–H and O–H groups in total. The minimum absolute atomic E-state index is 0.00298. The van der Waals surface area contributed by atoms with Crippen LogP contribution in [0.4, 0.5) is 0 Å². The Morgan fingerprint density at radius 1 is 0.762 bits per heavy atom. The average molecular weight is 288 g/mol. The largest absolute Gasteiger partial charge is 0.374 e. The molecule has 0 bridgehead atoms. The standard InChI is InChI=1S/C19H28O2/c1-9-10(2)12(4)17(13(5)11(9)3)19(20)18-14(6)15(7)21-16(18)8/h14-16,18H,1-8H3. The maximum atomic E-state index is 13.2. The lowest BCUT2D eigenvalue weighted by Crippen LogP contribution is -2.28. The zero-order valence-corrected chi connectivity index (χ0v) is 14.6. The van der Waals surface area contributed by atoms with E-state index in [0.29, 0.717) is 0 Å². The van der Waals surface area contributed by atoms with Crippen molar-refractivity contribution >= 4 is 5.78 Å². The number of hydrogen-bond acceptors (Lipinski definition) is 2. The molecule has 0 radical (unpaired) electrons. The monoisotopic (exact) mass is 288 g/mol. The molecule has 1 heterocycles. The molecule has 1 aromatic carbocycles. The Bertz CT molecular complexity index is 557. The second-order valence-corrected chi connectivity index (χ2v) is 6.80. The zero-order valence-electron chi connectivity index (χ0n) is 14.6. The molecule has 0 aromatic heterocycles. The van der Waals surface area contributed by atoms with E-state index < -0.39 is 0 Å². The Kier molecular flexibility index (Phi) is 4.30. The van der Waals surface area contributed by atoms with E-state index in [9.17, 15) is 4.79 Å². The molecule has 4 atom stereocenters. The van der Waals surface area contributed by atoms with Gasteiger partial charge in [0, 0.05) is 5.56 Å². The lowest BCUT2D eigenvalue weighted by molar-refractivity contribution is 0.0491. The molecule has 1 aliphatic rings. The van der Waals surface area contributed by atoms with E-state index >= 15 is 0 Å². The summed E-state index contributed by atoms with van der Waals surface area (Å²) >= 11 is 0. The van der Waals surface area contributed by atoms with Crippen molar-refractivity contribution < 1.29 is 9.53 Å². The van der Waals surface area contributed by atoms with E-state index in [-0.39, 0.29) is 29.8 Å². The van der Waals surface area contributed by atoms with Crippen molar-refractivity contribution in [3.05, 3.63) is 33.4 Å². The van der Waals surface area contributed by atoms with Crippen LogP contribution < -0.4 is 0 Å². The lowest BCUT2D eigenvalue weighted by atomic mass is 9.79. The molecule has 1 aliphatic heterocycles. The summed E-state index contributed by atoms with van der Waals surface area (Å²) in [6, 6.07) is 0. The number of Topliss-reactive ketones (excluding diaryl/α,β-unsaturated/α-hetero) is 1. The number of hydrogen-bond donors (Lipinski definition) is 0. The molecule has 4 unspecified atom stereocenters. The normalized spacial score (nSPS) is 29.0. The maximum absolute atomic E-state index is 13.2. The van der Waals surface area contributed by atoms with Gasteiger partial charge in [-0.25, -0.2) is 0 Å². The molecule has 21 heavy (non-hydrogen) atoms. The van der Waals surface area contributed by atoms with Crippen molar-refractivity contribution in [2.45, 2.75) is 67.6 Å². The van der Waals surface area contributed by atoms with Gasteiger partial charge in [0.25, 0.3) is 0 Å². The van der Waals surface area contributed by atoms with E-state index in [2.05, 4.69) is 48.5 Å². The summed E-state index contributed by atoms with van der Waals surface area (Å²) in [4.78, 5) is 13.2. The van der Waals surface area contributed by atoms with Gasteiger partial charge in [-0.15, -0.1) is 0 Å². The SMILES string of the molecule is Cc1c(C)c(C)c(C(=O)C2C(C)OC(C)C2C)c(C)c1C. The number of ketones is 1. The van der Waals surface area contributed by atoms with Gasteiger partial charge in [-0.2, -0.15) is 0 Å². The minimum Gasteiger partial charge on any atom is -0.374 e. The van der Waals surface area contributed by atoms with E-state index in [0.717, 1.165) is 16.7 Å². The third-order valence-electron chi connectivity index (χ3n) is 5.79. The predicted octanol–water partition coefficient (Wildman–Crippen LogP) is 4.47. The highest BCUT2D eigenvalue weighted by atomic mass is 16.5. The van der Waals surface area contributed by atoms with Crippen molar-refractivity contribution in [3.8, 4) is 0 Å². The summed E-state index contributed by atoms with van der Waals surface area (Å²) in [5.74, 6) is 0.507. The molecule has 1 fully saturated rings. The highest BCUT2D eigenvalue weighted by Gasteiger charge is 2.42. The molecule has 116 valence electrons. The second-order valence-electron chi connectivity index (χ2n) is 6.80. The first-order chi connectivity index (χ1) is 9.68. The summed E-state index contributed by atoms with van der Waals surface area (Å²) in [5, 5.41) is 0. The van der Waals surface area contributed by atoms with Crippen LogP contribution in [0.1, 0.15) is 58.9 Å². The van der Waals surface area contributed by atoms with E-state index in [1.165, 1.54) is 16.7 Å². The summed E-state index contributed by atoms with van der Waals surface area (Å²) in [6.07, 6.45) is 0.158. The third-order valence-corrected chi connectivity index (χ3v) is 5.79. The first kappa shape index (κ1) is 16.2. The van der Waals surface area contributed by atoms with Crippen LogP contribution in [0, 0.1) is 46.5 Å². The molecule has 1 saturated heterocycles. The second kappa shape index (κ2) is 5.57. The lowest BCUT2D eigenvalue weighted by Gasteiger charge is -2.23. The van der Waals surface area contributed by atoms with Gasteiger partial charge in [-0.3, -0.25) is 4.79 Å². The van der Waals surface area contributed by atoms with Crippen LogP contribution in [-0.2, 0) is 4.74 Å². The van der Waals surface area contributed by atoms with Crippen LogP contribution in [-0.4, -0.2) is 18.0 Å². The molecular formula is C19H28O2. The van der Waals surface area contributed by atoms with Crippen molar-refractivity contribution in [2.24, 2.45) is 11.8 Å². The molecule has 0 saturated carbocycles. The van der Waals surface area contributed by atoms with E-state index in [1.54, 1.807) is 0 Å². The van der Waals surface area contributed by atoms with Crippen molar-refractivity contribution in [2.75, 3.05) is 0 Å². The number of ether oxygens (including phenoxy) is 1. The van der Waals surface area contributed by atoms with Crippen LogP contribution in [0.2, 0.25) is 0 Å². The minimum atomic E-state index is -0.0288. The fourth-order valence-corrected chi connectivity index (χ4v) is 3.75. The maximum Gasteiger partial charge on any atom is 0.169 e. The van der Waals surface area contributed by atoms with E-state index in [1.807, 2.05) is 6.92 Å². The molecule has 2 rings (SSSR count). The molecule has 1 aromatic rings. The van der Waals surface area contributed by atoms with Gasteiger partial charge in [0.1, 0.15) is 0 Å². The summed E-state index contributed by atoms with van der Waals surface area (Å²) in [7, 11) is 0. The number of benzene rings is 1. The fourth-order valence-electron chi connectivity index (χ4n) is 3.75. The molecule has 0 aliphatic carbocycles. The van der Waals surface area contributed by atoms with Gasteiger partial charge in [-0.1, -0.05) is 6.92 Å². The van der Waals surface area contributed by atoms with Crippen LogP contribution in [0.3, 0.4) is 0 Å². The summed E-state index contributed by atoms with van der Waals surface area (Å²) in [6.45, 7) is 16.8. The third kappa shape index (κ3) is 2.44. The fraction of sp³-hybridized carbons (Fsp3) is 0.632. The van der Waals surface area contributed by atoms with Gasteiger partial charge in [0.2, 0.25) is 0 Å². The van der Waals surface area contributed by atoms with Gasteiger partial charge in [-0.05, 0) is 82.2 Å². The molecule has 2 nitrogen and oxygen atoms in total. The average Bonchev–Trinajstić information content (AvgIpc) is 2.67. The van der Waals surface area contributed by atoms with Crippen LogP contribution in [0.5, 0.6) is 0 Å². The summed E-state index contributed by atoms with van der Waals surface area (Å²) in [5.41, 5.74) is 7.00. The number of carbonyl (C=O) groups excluding carboxylic acids is 1. The predicted molar refractivity (Wildman–Crippen MR) is 87.1 cm³/mol. The molecule has 2 heteroatoms. The summed E-state index contributed by atoms with van der Waals surface area (Å²) < 4.78 is 5.87. The quantitative estimate of drug-likeness (QED) is 0.750. The number of carbonyl (C=O) groups is 1. The van der Waals surface area contributed by atoms with Crippen molar-refractivity contribution in [3.63, 3.8) is 0 Å². The first-order valence-corrected chi connectivity index (χ1v) is 7.95. The van der Waals surface area contributed by atoms with Crippen LogP contribution >= 0.6 is 0 Å². The molecular weight excluding hydrogens is 260 g/mol. The first-order valence-electron chi connectivity index (χ1n) is 7.95. The van der Waals surface area contributed by atoms with Crippen LogP contribution in [0.15, 0.2) is 0 Å². The Hall–Kier alpha value is -1.15. The van der Waals surface area contributed by atoms with Gasteiger partial charge in [0.05, 0.1) is 18.1 Å². The van der Waals surface area contributed by atoms with E-state index in [4.69, 9.17) is 4.74 Å². The van der Waals surface area contributed by atoms with Crippen molar-refractivity contribution in [1.82, 2.24) is 0 Å². The topological polar surface area (TPSA) is 26.3 Å². The molecule has 0 spiro atoms. The highest BCUT2D eigenvalue weighted by Crippen LogP contribution is 2.37. The Morgan fingerprint density at radius 2 is 1.19 bits per heavy atom. The van der Waals surface area contributed by atoms with Gasteiger partial charge < -0.3 is 4.74 Å². The molecule has 0 amide bonds. The smallest absolute Gasteiger partial charge is 0.169 e.